The van der Waals surface area contributed by atoms with Crippen LogP contribution in [0.25, 0.3) is 10.9 Å². The number of nitriles is 1. The number of rotatable bonds is 7. The smallest absolute Gasteiger partial charge is 0.271 e. The quantitative estimate of drug-likeness (QED) is 0.592. The fourth-order valence-electron chi connectivity index (χ4n) is 4.79. The predicted molar refractivity (Wildman–Crippen MR) is 121 cm³/mol. The van der Waals surface area contributed by atoms with Crippen molar-refractivity contribution in [3.63, 3.8) is 0 Å². The Morgan fingerprint density at radius 3 is 2.79 bits per heavy atom. The first kappa shape index (κ1) is 22.6. The second-order valence-electron chi connectivity index (χ2n) is 9.12. The van der Waals surface area contributed by atoms with Crippen molar-refractivity contribution in [2.75, 3.05) is 20.2 Å². The summed E-state index contributed by atoms with van der Waals surface area (Å²) in [7, 11) is 1.58. The van der Waals surface area contributed by atoms with Gasteiger partial charge in [0.05, 0.1) is 13.2 Å². The molecule has 9 nitrogen and oxygen atoms in total. The monoisotopic (exact) mass is 451 g/mol. The summed E-state index contributed by atoms with van der Waals surface area (Å²) in [6.07, 6.45) is 0.919. The van der Waals surface area contributed by atoms with E-state index in [1.807, 2.05) is 32.0 Å². The van der Waals surface area contributed by atoms with E-state index in [-0.39, 0.29) is 41.9 Å². The molecule has 1 aromatic heterocycles. The highest BCUT2D eigenvalue weighted by Gasteiger charge is 2.48. The number of benzene rings is 1. The van der Waals surface area contributed by atoms with E-state index in [0.717, 1.165) is 10.9 Å². The minimum atomic E-state index is -0.783. The van der Waals surface area contributed by atoms with Crippen molar-refractivity contribution in [1.29, 1.82) is 5.26 Å². The zero-order valence-electron chi connectivity index (χ0n) is 19.1. The maximum absolute atomic E-state index is 13.3. The van der Waals surface area contributed by atoms with Crippen LogP contribution in [0.15, 0.2) is 24.3 Å². The Morgan fingerprint density at radius 2 is 2.15 bits per heavy atom. The first-order chi connectivity index (χ1) is 15.8. The summed E-state index contributed by atoms with van der Waals surface area (Å²) in [4.78, 5) is 43.1. The molecule has 4 atom stereocenters. The largest absolute Gasteiger partial charge is 0.496 e. The summed E-state index contributed by atoms with van der Waals surface area (Å²) in [5, 5.41) is 15.9. The Hall–Kier alpha value is -3.54. The third-order valence-electron chi connectivity index (χ3n) is 6.76. The van der Waals surface area contributed by atoms with E-state index in [9.17, 15) is 19.6 Å². The first-order valence-electron chi connectivity index (χ1n) is 11.3. The van der Waals surface area contributed by atoms with Crippen molar-refractivity contribution in [1.82, 2.24) is 20.5 Å². The molecule has 2 saturated heterocycles. The summed E-state index contributed by atoms with van der Waals surface area (Å²) in [5.41, 5.74) is 1.16. The van der Waals surface area contributed by atoms with Crippen LogP contribution in [-0.2, 0) is 9.59 Å². The Bertz CT molecular complexity index is 1120. The highest BCUT2D eigenvalue weighted by molar-refractivity contribution is 6.02. The van der Waals surface area contributed by atoms with Gasteiger partial charge < -0.3 is 25.3 Å². The Kier molecular flexibility index (Phi) is 6.27. The van der Waals surface area contributed by atoms with E-state index >= 15 is 0 Å². The number of nitrogens with zero attached hydrogens (tertiary/aromatic N) is 2. The molecule has 174 valence electrons. The van der Waals surface area contributed by atoms with Crippen LogP contribution in [0.3, 0.4) is 0 Å². The number of methoxy groups -OCH3 is 1. The molecule has 0 bridgehead atoms. The lowest BCUT2D eigenvalue weighted by Crippen LogP contribution is -2.66. The van der Waals surface area contributed by atoms with Crippen molar-refractivity contribution < 1.29 is 19.1 Å². The van der Waals surface area contributed by atoms with Crippen LogP contribution in [0.5, 0.6) is 5.75 Å². The molecule has 0 saturated carbocycles. The number of fused-ring (bicyclic) bond motifs is 1. The maximum atomic E-state index is 13.3. The van der Waals surface area contributed by atoms with Crippen molar-refractivity contribution in [3.05, 3.63) is 30.0 Å². The standard InChI is InChI=1S/C24H29N5O4/c1-13(2)17-12-29(24(32)19-10-16-18(28-19)5-4-6-20(16)33-3)21(17)23(31)27-15(11-25)9-14-7-8-26-22(14)30/h4-6,10,13-15,17,21,28H,7-9,12H2,1-3H3,(H,26,30)(H,27,31)/t14-,15-,17+,21-/m0/s1. The fourth-order valence-corrected chi connectivity index (χ4v) is 4.79. The van der Waals surface area contributed by atoms with Crippen LogP contribution in [-0.4, -0.2) is 59.9 Å². The number of aromatic amines is 1. The second kappa shape index (κ2) is 9.14. The number of aromatic nitrogens is 1. The predicted octanol–water partition coefficient (Wildman–Crippen LogP) is 1.81. The summed E-state index contributed by atoms with van der Waals surface area (Å²) < 4.78 is 5.38. The number of H-pyrrole nitrogens is 1. The normalized spacial score (nSPS) is 23.1. The van der Waals surface area contributed by atoms with Gasteiger partial charge in [0.15, 0.2) is 0 Å². The zero-order valence-corrected chi connectivity index (χ0v) is 19.1. The average Bonchev–Trinajstić information content (AvgIpc) is 3.38. The van der Waals surface area contributed by atoms with Crippen LogP contribution in [0.4, 0.5) is 0 Å². The molecule has 2 aliphatic heterocycles. The molecule has 4 rings (SSSR count). The SMILES string of the molecule is COc1cccc2[nH]c(C(=O)N3C[C@H](C(C)C)[C@H]3C(=O)N[C@H](C#N)C[C@@H]3CCNC3=O)cc12. The number of ether oxygens (including phenoxy) is 1. The van der Waals surface area contributed by atoms with E-state index < -0.39 is 12.1 Å². The number of hydrogen-bond donors (Lipinski definition) is 3. The van der Waals surface area contributed by atoms with Gasteiger partial charge in [0.25, 0.3) is 5.91 Å². The third kappa shape index (κ3) is 4.25. The maximum Gasteiger partial charge on any atom is 0.271 e. The zero-order chi connectivity index (χ0) is 23.7. The van der Waals surface area contributed by atoms with Crippen molar-refractivity contribution in [3.8, 4) is 11.8 Å². The van der Waals surface area contributed by atoms with Gasteiger partial charge in [0.1, 0.15) is 23.5 Å². The summed E-state index contributed by atoms with van der Waals surface area (Å²) in [5.74, 6) is -0.152. The van der Waals surface area contributed by atoms with Gasteiger partial charge in [-0.2, -0.15) is 5.26 Å². The molecular weight excluding hydrogens is 422 g/mol. The highest BCUT2D eigenvalue weighted by Crippen LogP contribution is 2.34. The molecule has 0 radical (unpaired) electrons. The van der Waals surface area contributed by atoms with Crippen molar-refractivity contribution in [2.24, 2.45) is 17.8 Å². The molecule has 3 N–H and O–H groups in total. The number of carbonyl (C=O) groups is 3. The molecule has 3 amide bonds. The molecule has 2 aliphatic rings. The molecule has 33 heavy (non-hydrogen) atoms. The molecule has 1 aromatic carbocycles. The fraction of sp³-hybridized carbons (Fsp3) is 0.500. The van der Waals surface area contributed by atoms with Crippen molar-refractivity contribution in [2.45, 2.75) is 38.8 Å². The highest BCUT2D eigenvalue weighted by atomic mass is 16.5. The van der Waals surface area contributed by atoms with Gasteiger partial charge >= 0.3 is 0 Å². The second-order valence-corrected chi connectivity index (χ2v) is 9.12. The van der Waals surface area contributed by atoms with E-state index in [1.54, 1.807) is 18.1 Å². The number of amides is 3. The first-order valence-corrected chi connectivity index (χ1v) is 11.3. The van der Waals surface area contributed by atoms with Crippen LogP contribution >= 0.6 is 0 Å². The topological polar surface area (TPSA) is 127 Å². The van der Waals surface area contributed by atoms with Crippen molar-refractivity contribution >= 4 is 28.6 Å². The van der Waals surface area contributed by atoms with Crippen LogP contribution in [0, 0.1) is 29.1 Å². The summed E-state index contributed by atoms with van der Waals surface area (Å²) in [6, 6.07) is 7.92. The number of likely N-dealkylation sites (tertiary alicyclic amines) is 1. The van der Waals surface area contributed by atoms with Crippen LogP contribution in [0.2, 0.25) is 0 Å². The number of hydrogen-bond acceptors (Lipinski definition) is 5. The lowest BCUT2D eigenvalue weighted by atomic mass is 9.79. The van der Waals surface area contributed by atoms with E-state index in [1.165, 1.54) is 0 Å². The molecule has 0 aliphatic carbocycles. The number of carbonyl (C=O) groups excluding carboxylic acids is 3. The molecule has 2 fully saturated rings. The van der Waals surface area contributed by atoms with Crippen LogP contribution in [0.1, 0.15) is 37.2 Å². The van der Waals surface area contributed by atoms with Crippen LogP contribution < -0.4 is 15.4 Å². The summed E-state index contributed by atoms with van der Waals surface area (Å²) in [6.45, 7) is 5.09. The molecule has 9 heteroatoms. The lowest BCUT2D eigenvalue weighted by Gasteiger charge is -2.48. The lowest BCUT2D eigenvalue weighted by molar-refractivity contribution is -0.135. The van der Waals surface area contributed by atoms with Gasteiger partial charge in [-0.15, -0.1) is 0 Å². The van der Waals surface area contributed by atoms with Gasteiger partial charge in [-0.25, -0.2) is 0 Å². The number of nitrogens with one attached hydrogen (secondary N) is 3. The molecule has 0 unspecified atom stereocenters. The Balaban J connectivity index is 1.51. The average molecular weight is 452 g/mol. The van der Waals surface area contributed by atoms with Gasteiger partial charge in [-0.3, -0.25) is 14.4 Å². The molecule has 3 heterocycles. The minimum absolute atomic E-state index is 0.0120. The minimum Gasteiger partial charge on any atom is -0.496 e. The van der Waals surface area contributed by atoms with Gasteiger partial charge in [-0.1, -0.05) is 19.9 Å². The van der Waals surface area contributed by atoms with E-state index in [2.05, 4.69) is 21.7 Å². The van der Waals surface area contributed by atoms with Gasteiger partial charge in [-0.05, 0) is 37.0 Å². The van der Waals surface area contributed by atoms with Gasteiger partial charge in [0, 0.05) is 35.8 Å². The Labute approximate surface area is 192 Å². The molecule has 0 spiro atoms. The molecular formula is C24H29N5O4. The molecule has 2 aromatic rings. The summed E-state index contributed by atoms with van der Waals surface area (Å²) >= 11 is 0. The van der Waals surface area contributed by atoms with Gasteiger partial charge in [0.2, 0.25) is 11.8 Å². The van der Waals surface area contributed by atoms with E-state index in [4.69, 9.17) is 4.74 Å². The van der Waals surface area contributed by atoms with E-state index in [0.29, 0.717) is 31.0 Å². The third-order valence-corrected chi connectivity index (χ3v) is 6.76. The Morgan fingerprint density at radius 1 is 1.36 bits per heavy atom.